The SMILES string of the molecule is C[C@H]1C[C@@H](C(=O)Nc2ccc3c(c2)OCC(=O)N3)CCN1. The number of fused-ring (bicyclic) bond motifs is 1. The van der Waals surface area contributed by atoms with Crippen molar-refractivity contribution in [3.63, 3.8) is 0 Å². The fourth-order valence-corrected chi connectivity index (χ4v) is 2.77. The number of carbonyl (C=O) groups excluding carboxylic acids is 2. The Morgan fingerprint density at radius 3 is 3.10 bits per heavy atom. The number of carbonyl (C=O) groups is 2. The quantitative estimate of drug-likeness (QED) is 0.767. The van der Waals surface area contributed by atoms with Crippen LogP contribution in [0.1, 0.15) is 19.8 Å². The summed E-state index contributed by atoms with van der Waals surface area (Å²) in [6.07, 6.45) is 1.71. The molecule has 2 heterocycles. The predicted octanol–water partition coefficient (Wildman–Crippen LogP) is 1.34. The topological polar surface area (TPSA) is 79.5 Å². The number of amides is 2. The van der Waals surface area contributed by atoms with E-state index in [2.05, 4.69) is 22.9 Å². The summed E-state index contributed by atoms with van der Waals surface area (Å²) in [6.45, 7) is 2.98. The smallest absolute Gasteiger partial charge is 0.262 e. The molecule has 0 unspecified atom stereocenters. The van der Waals surface area contributed by atoms with Crippen LogP contribution in [-0.4, -0.2) is 31.0 Å². The molecule has 2 atom stereocenters. The average Bonchev–Trinajstić information content (AvgIpc) is 2.47. The van der Waals surface area contributed by atoms with Gasteiger partial charge in [-0.15, -0.1) is 0 Å². The van der Waals surface area contributed by atoms with Crippen LogP contribution in [0.25, 0.3) is 0 Å². The van der Waals surface area contributed by atoms with E-state index in [9.17, 15) is 9.59 Å². The van der Waals surface area contributed by atoms with Gasteiger partial charge in [-0.2, -0.15) is 0 Å². The van der Waals surface area contributed by atoms with Gasteiger partial charge in [-0.3, -0.25) is 9.59 Å². The van der Waals surface area contributed by atoms with Crippen LogP contribution < -0.4 is 20.7 Å². The summed E-state index contributed by atoms with van der Waals surface area (Å²) in [5, 5.41) is 8.99. The minimum absolute atomic E-state index is 0.0101. The summed E-state index contributed by atoms with van der Waals surface area (Å²) in [7, 11) is 0. The van der Waals surface area contributed by atoms with Crippen molar-refractivity contribution in [2.75, 3.05) is 23.8 Å². The molecule has 6 nitrogen and oxygen atoms in total. The van der Waals surface area contributed by atoms with Crippen LogP contribution >= 0.6 is 0 Å². The Kier molecular flexibility index (Phi) is 3.79. The van der Waals surface area contributed by atoms with Crippen molar-refractivity contribution in [3.05, 3.63) is 18.2 Å². The lowest BCUT2D eigenvalue weighted by Gasteiger charge is -2.27. The molecular weight excluding hydrogens is 270 g/mol. The second-order valence-corrected chi connectivity index (χ2v) is 5.61. The molecule has 1 aromatic rings. The third kappa shape index (κ3) is 3.16. The molecule has 1 aromatic carbocycles. The highest BCUT2D eigenvalue weighted by atomic mass is 16.5. The van der Waals surface area contributed by atoms with Crippen LogP contribution in [0.3, 0.4) is 0 Å². The predicted molar refractivity (Wildman–Crippen MR) is 79.4 cm³/mol. The summed E-state index contributed by atoms with van der Waals surface area (Å²) in [4.78, 5) is 23.5. The number of anilines is 2. The number of rotatable bonds is 2. The summed E-state index contributed by atoms with van der Waals surface area (Å²) in [5.74, 6) is 0.509. The third-order valence-electron chi connectivity index (χ3n) is 3.88. The lowest BCUT2D eigenvalue weighted by Crippen LogP contribution is -2.40. The monoisotopic (exact) mass is 289 g/mol. The zero-order valence-electron chi connectivity index (χ0n) is 11.9. The van der Waals surface area contributed by atoms with Crippen molar-refractivity contribution in [3.8, 4) is 5.75 Å². The standard InChI is InChI=1S/C15H19N3O3/c1-9-6-10(4-5-16-9)15(20)17-11-2-3-12-13(7-11)21-8-14(19)18-12/h2-3,7,9-10,16H,4-6,8H2,1H3,(H,17,20)(H,18,19)/t9-,10-/m0/s1. The van der Waals surface area contributed by atoms with Gasteiger partial charge >= 0.3 is 0 Å². The lowest BCUT2D eigenvalue weighted by molar-refractivity contribution is -0.121. The van der Waals surface area contributed by atoms with E-state index in [4.69, 9.17) is 4.74 Å². The van der Waals surface area contributed by atoms with Crippen LogP contribution in [0.2, 0.25) is 0 Å². The van der Waals surface area contributed by atoms with E-state index < -0.39 is 0 Å². The Bertz CT molecular complexity index is 573. The van der Waals surface area contributed by atoms with Crippen molar-refractivity contribution in [2.45, 2.75) is 25.8 Å². The molecule has 0 aliphatic carbocycles. The van der Waals surface area contributed by atoms with Crippen molar-refractivity contribution >= 4 is 23.2 Å². The van der Waals surface area contributed by atoms with E-state index in [1.165, 1.54) is 0 Å². The molecule has 0 radical (unpaired) electrons. The largest absolute Gasteiger partial charge is 0.482 e. The number of piperidine rings is 1. The molecule has 6 heteroatoms. The van der Waals surface area contributed by atoms with Crippen LogP contribution in [-0.2, 0) is 9.59 Å². The third-order valence-corrected chi connectivity index (χ3v) is 3.88. The fourth-order valence-electron chi connectivity index (χ4n) is 2.77. The van der Waals surface area contributed by atoms with Gasteiger partial charge in [0, 0.05) is 23.7 Å². The maximum absolute atomic E-state index is 12.3. The van der Waals surface area contributed by atoms with E-state index >= 15 is 0 Å². The number of benzene rings is 1. The van der Waals surface area contributed by atoms with Crippen molar-refractivity contribution in [1.82, 2.24) is 5.32 Å². The highest BCUT2D eigenvalue weighted by Gasteiger charge is 2.25. The molecule has 3 N–H and O–H groups in total. The van der Waals surface area contributed by atoms with Gasteiger partial charge in [-0.25, -0.2) is 0 Å². The van der Waals surface area contributed by atoms with Gasteiger partial charge in [0.15, 0.2) is 6.61 Å². The zero-order chi connectivity index (χ0) is 14.8. The van der Waals surface area contributed by atoms with E-state index in [0.717, 1.165) is 19.4 Å². The molecule has 2 amide bonds. The van der Waals surface area contributed by atoms with Gasteiger partial charge in [-0.1, -0.05) is 0 Å². The fraction of sp³-hybridized carbons (Fsp3) is 0.467. The molecule has 0 bridgehead atoms. The maximum Gasteiger partial charge on any atom is 0.262 e. The van der Waals surface area contributed by atoms with Crippen molar-refractivity contribution in [1.29, 1.82) is 0 Å². The number of hydrogen-bond acceptors (Lipinski definition) is 4. The average molecular weight is 289 g/mol. The molecular formula is C15H19N3O3. The van der Waals surface area contributed by atoms with E-state index in [-0.39, 0.29) is 24.3 Å². The number of nitrogens with one attached hydrogen (secondary N) is 3. The molecule has 2 aliphatic rings. The molecule has 0 spiro atoms. The Balaban J connectivity index is 1.67. The van der Waals surface area contributed by atoms with E-state index in [1.54, 1.807) is 18.2 Å². The summed E-state index contributed by atoms with van der Waals surface area (Å²) < 4.78 is 5.35. The van der Waals surface area contributed by atoms with Gasteiger partial charge in [-0.05, 0) is 38.4 Å². The Morgan fingerprint density at radius 1 is 1.43 bits per heavy atom. The second-order valence-electron chi connectivity index (χ2n) is 5.61. The summed E-state index contributed by atoms with van der Waals surface area (Å²) >= 11 is 0. The second kappa shape index (κ2) is 5.73. The van der Waals surface area contributed by atoms with E-state index in [0.29, 0.717) is 23.2 Å². The maximum atomic E-state index is 12.3. The Morgan fingerprint density at radius 2 is 2.29 bits per heavy atom. The molecule has 2 aliphatic heterocycles. The minimum Gasteiger partial charge on any atom is -0.482 e. The van der Waals surface area contributed by atoms with Gasteiger partial charge in [0.2, 0.25) is 5.91 Å². The molecule has 112 valence electrons. The molecule has 0 saturated carbocycles. The highest BCUT2D eigenvalue weighted by Crippen LogP contribution is 2.31. The Labute approximate surface area is 123 Å². The Hall–Kier alpha value is -2.08. The van der Waals surface area contributed by atoms with E-state index in [1.807, 2.05) is 0 Å². The first-order chi connectivity index (χ1) is 10.1. The molecule has 21 heavy (non-hydrogen) atoms. The zero-order valence-corrected chi connectivity index (χ0v) is 11.9. The molecule has 1 saturated heterocycles. The van der Waals surface area contributed by atoms with Crippen molar-refractivity contribution < 1.29 is 14.3 Å². The molecule has 1 fully saturated rings. The first kappa shape index (κ1) is 13.9. The number of ether oxygens (including phenoxy) is 1. The first-order valence-corrected chi connectivity index (χ1v) is 7.23. The van der Waals surface area contributed by atoms with Crippen LogP contribution in [0.4, 0.5) is 11.4 Å². The first-order valence-electron chi connectivity index (χ1n) is 7.23. The van der Waals surface area contributed by atoms with Gasteiger partial charge in [0.05, 0.1) is 5.69 Å². The minimum atomic E-state index is -0.164. The highest BCUT2D eigenvalue weighted by molar-refractivity contribution is 5.97. The van der Waals surface area contributed by atoms with Gasteiger partial charge in [0.25, 0.3) is 5.91 Å². The molecule has 3 rings (SSSR count). The summed E-state index contributed by atoms with van der Waals surface area (Å²) in [6, 6.07) is 5.64. The van der Waals surface area contributed by atoms with Crippen LogP contribution in [0.15, 0.2) is 18.2 Å². The molecule has 0 aromatic heterocycles. The van der Waals surface area contributed by atoms with Gasteiger partial charge in [0.1, 0.15) is 5.75 Å². The lowest BCUT2D eigenvalue weighted by atomic mass is 9.92. The normalized spacial score (nSPS) is 24.5. The summed E-state index contributed by atoms with van der Waals surface area (Å²) in [5.41, 5.74) is 1.33. The van der Waals surface area contributed by atoms with Crippen LogP contribution in [0, 0.1) is 5.92 Å². The van der Waals surface area contributed by atoms with Gasteiger partial charge < -0.3 is 20.7 Å². The number of hydrogen-bond donors (Lipinski definition) is 3. The van der Waals surface area contributed by atoms with Crippen molar-refractivity contribution in [2.24, 2.45) is 5.92 Å². The van der Waals surface area contributed by atoms with Crippen LogP contribution in [0.5, 0.6) is 5.75 Å².